The Morgan fingerprint density at radius 3 is 1.07 bits per heavy atom. The summed E-state index contributed by atoms with van der Waals surface area (Å²) in [6.07, 6.45) is 3.61. The molecule has 0 aliphatic carbocycles. The van der Waals surface area contributed by atoms with Gasteiger partial charge in [0.25, 0.3) is 0 Å². The van der Waals surface area contributed by atoms with Crippen molar-refractivity contribution in [3.8, 4) is 0 Å². The summed E-state index contributed by atoms with van der Waals surface area (Å²) in [4.78, 5) is 48.0. The molecular formula is C61H61N3O9S3. The third kappa shape index (κ3) is 15.4. The van der Waals surface area contributed by atoms with Crippen molar-refractivity contribution < 1.29 is 43.9 Å². The molecule has 15 heteroatoms. The Bertz CT molecular complexity index is 2670. The van der Waals surface area contributed by atoms with Crippen LogP contribution in [0, 0.1) is 25.6 Å². The summed E-state index contributed by atoms with van der Waals surface area (Å²) in [7, 11) is 0. The monoisotopic (exact) mass is 1080 g/mol. The highest BCUT2D eigenvalue weighted by Crippen LogP contribution is 2.33. The summed E-state index contributed by atoms with van der Waals surface area (Å²) in [5.74, 6) is -2.17. The van der Waals surface area contributed by atoms with Gasteiger partial charge < -0.3 is 44.2 Å². The molecule has 0 spiro atoms. The molecule has 9 rings (SSSR count). The third-order valence-electron chi connectivity index (χ3n) is 13.2. The van der Waals surface area contributed by atoms with Gasteiger partial charge in [-0.1, -0.05) is 72.8 Å². The lowest BCUT2D eigenvalue weighted by molar-refractivity contribution is -0.149. The van der Waals surface area contributed by atoms with Crippen LogP contribution in [0.4, 0.5) is 17.1 Å². The number of thioether (sulfide) groups is 3. The van der Waals surface area contributed by atoms with Gasteiger partial charge in [0.15, 0.2) is 0 Å². The first kappa shape index (κ1) is 54.8. The Morgan fingerprint density at radius 1 is 0.421 bits per heavy atom. The van der Waals surface area contributed by atoms with Crippen molar-refractivity contribution in [3.05, 3.63) is 199 Å². The largest absolute Gasteiger partial charge is 0.464 e. The van der Waals surface area contributed by atoms with E-state index in [0.29, 0.717) is 5.56 Å². The van der Waals surface area contributed by atoms with E-state index in [9.17, 15) is 29.7 Å². The van der Waals surface area contributed by atoms with Crippen LogP contribution in [0.1, 0.15) is 90.2 Å². The fraction of sp³-hybridized carbons (Fsp3) is 0.311. The fourth-order valence-electron chi connectivity index (χ4n) is 8.93. The second kappa shape index (κ2) is 27.4. The van der Waals surface area contributed by atoms with Crippen molar-refractivity contribution in [2.45, 2.75) is 71.5 Å². The van der Waals surface area contributed by atoms with Crippen molar-refractivity contribution in [3.63, 3.8) is 0 Å². The highest BCUT2D eigenvalue weighted by molar-refractivity contribution is 8.00. The van der Waals surface area contributed by atoms with E-state index in [2.05, 4.69) is 34.3 Å². The Hall–Kier alpha value is -5.94. The van der Waals surface area contributed by atoms with Gasteiger partial charge in [0, 0.05) is 51.4 Å². The molecule has 6 radical (unpaired) electrons. The second-order valence-corrected chi connectivity index (χ2v) is 21.9. The zero-order chi connectivity index (χ0) is 52.6. The number of esters is 3. The van der Waals surface area contributed by atoms with Crippen LogP contribution in [-0.4, -0.2) is 89.9 Å². The van der Waals surface area contributed by atoms with Crippen LogP contribution in [0.3, 0.4) is 0 Å². The summed E-state index contributed by atoms with van der Waals surface area (Å²) in [5, 5.41) is 33.4. The van der Waals surface area contributed by atoms with E-state index in [0.717, 1.165) is 118 Å². The van der Waals surface area contributed by atoms with Gasteiger partial charge in [-0.25, -0.2) is 0 Å². The molecule has 3 heterocycles. The van der Waals surface area contributed by atoms with E-state index < -0.39 is 42.1 Å². The SMILES string of the molecule is O=C(CSc1ccc(C(O)c2ccc(N3[C]CCC3)cc2)cc1)OCC(COC(=O)CSc1ccc(C(O)c2ccc(N3[C]CCC3)cc2)cc1)COC(=O)CSc1cccc(C(O)c2ccc(N3[C]CCC3)cc2)c1. The Balaban J connectivity index is 0.753. The highest BCUT2D eigenvalue weighted by Gasteiger charge is 2.22. The standard InChI is InChI=1S/C61H61N3O9S3/c65-56(40-74-53-26-16-47(17-27-53)59(68)44-10-20-50(21-11-44)62-30-1-2-31-62)71-37-43(38-72-57(66)41-75-54-28-18-48(19-29-54)60(69)45-12-22-51(23-13-45)63-32-3-4-33-63)39-73-58(67)42-76-55-9-7-8-49(36-55)61(70)46-14-24-52(25-15-46)64-34-5-6-35-64/h7-29,36,43,59-61,68-70H,1-6,30,32,34,37-42H2. The molecule has 12 nitrogen and oxygen atoms in total. The van der Waals surface area contributed by atoms with Crippen LogP contribution in [0.25, 0.3) is 0 Å². The minimum Gasteiger partial charge on any atom is -0.464 e. The molecule has 6 aromatic rings. The van der Waals surface area contributed by atoms with Crippen LogP contribution in [0.15, 0.2) is 160 Å². The van der Waals surface area contributed by atoms with Gasteiger partial charge in [0.2, 0.25) is 0 Å². The average molecular weight is 1080 g/mol. The minimum atomic E-state index is -0.853. The molecule has 3 N–H and O–H groups in total. The predicted molar refractivity (Wildman–Crippen MR) is 299 cm³/mol. The predicted octanol–water partition coefficient (Wildman–Crippen LogP) is 10.8. The van der Waals surface area contributed by atoms with Gasteiger partial charge in [-0.2, -0.15) is 0 Å². The number of aliphatic hydroxyl groups is 3. The average Bonchev–Trinajstić information content (AvgIpc) is 4.32. The van der Waals surface area contributed by atoms with Crippen molar-refractivity contribution in [1.82, 2.24) is 0 Å². The first-order chi connectivity index (χ1) is 37.1. The molecule has 0 aromatic heterocycles. The summed E-state index contributed by atoms with van der Waals surface area (Å²) >= 11 is 3.85. The molecule has 3 aliphatic rings. The Labute approximate surface area is 459 Å². The lowest BCUT2D eigenvalue weighted by Gasteiger charge is -2.18. The molecule has 392 valence electrons. The molecule has 0 amide bonds. The van der Waals surface area contributed by atoms with Crippen LogP contribution in [0.5, 0.6) is 0 Å². The van der Waals surface area contributed by atoms with Gasteiger partial charge in [-0.3, -0.25) is 14.4 Å². The van der Waals surface area contributed by atoms with Crippen LogP contribution in [0.2, 0.25) is 0 Å². The molecule has 0 saturated carbocycles. The number of rotatable bonds is 24. The lowest BCUT2D eigenvalue weighted by atomic mass is 10.0. The summed E-state index contributed by atoms with van der Waals surface area (Å²) in [6, 6.07) is 45.7. The highest BCUT2D eigenvalue weighted by atomic mass is 32.2. The van der Waals surface area contributed by atoms with Crippen molar-refractivity contribution in [2.24, 2.45) is 5.92 Å². The number of anilines is 3. The molecular weight excluding hydrogens is 1010 g/mol. The van der Waals surface area contributed by atoms with Gasteiger partial charge in [-0.15, -0.1) is 35.3 Å². The normalized spacial score (nSPS) is 16.1. The number of hydrogen-bond donors (Lipinski definition) is 3. The van der Waals surface area contributed by atoms with Crippen molar-refractivity contribution in [2.75, 3.05) is 71.4 Å². The van der Waals surface area contributed by atoms with E-state index in [1.54, 1.807) is 0 Å². The van der Waals surface area contributed by atoms with E-state index >= 15 is 0 Å². The Morgan fingerprint density at radius 2 is 0.737 bits per heavy atom. The maximum absolute atomic E-state index is 13.2. The number of hydrogen-bond acceptors (Lipinski definition) is 15. The molecule has 3 unspecified atom stereocenters. The maximum Gasteiger partial charge on any atom is 0.316 e. The topological polar surface area (TPSA) is 149 Å². The molecule has 6 aromatic carbocycles. The number of benzene rings is 6. The van der Waals surface area contributed by atoms with E-state index in [-0.39, 0.29) is 37.1 Å². The van der Waals surface area contributed by atoms with Crippen molar-refractivity contribution in [1.29, 1.82) is 0 Å². The summed E-state index contributed by atoms with van der Waals surface area (Å²) in [5.41, 5.74) is 7.61. The van der Waals surface area contributed by atoms with E-state index in [4.69, 9.17) is 14.2 Å². The molecule has 3 fully saturated rings. The zero-order valence-corrected chi connectivity index (χ0v) is 44.6. The quantitative estimate of drug-likeness (QED) is 0.0300. The number of aliphatic hydroxyl groups excluding tert-OH is 3. The fourth-order valence-corrected chi connectivity index (χ4v) is 11.1. The molecule has 0 bridgehead atoms. The number of nitrogens with zero attached hydrogens (tertiary/aromatic N) is 3. The first-order valence-electron chi connectivity index (χ1n) is 25.6. The molecule has 3 aliphatic heterocycles. The summed E-state index contributed by atoms with van der Waals surface area (Å²) in [6.45, 7) is 12.4. The van der Waals surface area contributed by atoms with Gasteiger partial charge in [-0.05, 0) is 145 Å². The molecule has 3 atom stereocenters. The van der Waals surface area contributed by atoms with Gasteiger partial charge in [0.1, 0.15) is 38.1 Å². The van der Waals surface area contributed by atoms with E-state index in [1.807, 2.05) is 146 Å². The lowest BCUT2D eigenvalue weighted by Crippen LogP contribution is -2.27. The second-order valence-electron chi connectivity index (χ2n) is 18.7. The number of ether oxygens (including phenoxy) is 3. The zero-order valence-electron chi connectivity index (χ0n) is 42.1. The number of carbonyl (C=O) groups is 3. The Kier molecular flexibility index (Phi) is 19.8. The molecule has 76 heavy (non-hydrogen) atoms. The van der Waals surface area contributed by atoms with Crippen LogP contribution in [-0.2, 0) is 28.6 Å². The summed E-state index contributed by atoms with van der Waals surface area (Å²) < 4.78 is 17.0. The smallest absolute Gasteiger partial charge is 0.316 e. The first-order valence-corrected chi connectivity index (χ1v) is 28.6. The van der Waals surface area contributed by atoms with Gasteiger partial charge in [0.05, 0.1) is 42.8 Å². The van der Waals surface area contributed by atoms with Crippen LogP contribution >= 0.6 is 35.3 Å². The molecule has 3 saturated heterocycles. The van der Waals surface area contributed by atoms with Gasteiger partial charge >= 0.3 is 17.9 Å². The third-order valence-corrected chi connectivity index (χ3v) is 16.2. The maximum atomic E-state index is 13.2. The minimum absolute atomic E-state index is 0.00117. The van der Waals surface area contributed by atoms with E-state index in [1.165, 1.54) is 35.3 Å². The van der Waals surface area contributed by atoms with Crippen molar-refractivity contribution >= 4 is 70.3 Å². The number of carbonyl (C=O) groups excluding carboxylic acids is 3. The van der Waals surface area contributed by atoms with Crippen LogP contribution < -0.4 is 14.7 Å².